The van der Waals surface area contributed by atoms with Gasteiger partial charge in [-0.3, -0.25) is 0 Å². The number of aromatic nitrogens is 3. The molecule has 0 spiro atoms. The van der Waals surface area contributed by atoms with E-state index in [4.69, 9.17) is 35.4 Å². The first-order chi connectivity index (χ1) is 26.2. The van der Waals surface area contributed by atoms with E-state index >= 15 is 0 Å². The molecule has 0 aliphatic rings. The highest BCUT2D eigenvalue weighted by Gasteiger charge is 2.21. The van der Waals surface area contributed by atoms with Crippen LogP contribution in [0.4, 0.5) is 0 Å². The van der Waals surface area contributed by atoms with Crippen molar-refractivity contribution in [3.63, 3.8) is 0 Å². The average Bonchev–Trinajstić information content (AvgIpc) is 3.78. The molecular formula is C47H26ClN3O2. The molecule has 11 rings (SSSR count). The highest BCUT2D eigenvalue weighted by atomic mass is 35.5. The van der Waals surface area contributed by atoms with Crippen molar-refractivity contribution >= 4 is 77.0 Å². The van der Waals surface area contributed by atoms with E-state index in [9.17, 15) is 0 Å². The van der Waals surface area contributed by atoms with Crippen LogP contribution in [0.2, 0.25) is 5.02 Å². The van der Waals surface area contributed by atoms with Gasteiger partial charge in [0.05, 0.1) is 5.56 Å². The number of furan rings is 2. The van der Waals surface area contributed by atoms with E-state index in [1.165, 1.54) is 0 Å². The van der Waals surface area contributed by atoms with Crippen LogP contribution < -0.4 is 0 Å². The van der Waals surface area contributed by atoms with E-state index in [-0.39, 0.29) is 0 Å². The molecule has 8 aromatic carbocycles. The Bertz CT molecular complexity index is 3270. The lowest BCUT2D eigenvalue weighted by Gasteiger charge is -2.14. The molecule has 0 saturated heterocycles. The monoisotopic (exact) mass is 699 g/mol. The fraction of sp³-hybridized carbons (Fsp3) is 0. The molecule has 0 amide bonds. The van der Waals surface area contributed by atoms with Crippen molar-refractivity contribution in [2.45, 2.75) is 0 Å². The standard InChI is InChI=1S/C47H26ClN3O2/c48-30-21-24-41-39(26-30)43-35(14-8-18-42(43)52-41)33-22-23-37(32-12-4-3-11-31(32)33)46-49-45(29-20-19-27-9-1-2-10-28(27)25-29)50-47(51-46)38-16-7-15-36-34-13-5-6-17-40(34)53-44(36)38/h1-26H. The third-order valence-electron chi connectivity index (χ3n) is 10.2. The summed E-state index contributed by atoms with van der Waals surface area (Å²) in [4.78, 5) is 15.5. The SMILES string of the molecule is Clc1ccc2oc3cccc(-c4ccc(-c5nc(-c6ccc7ccccc7c6)nc(-c6cccc7c6oc6ccccc67)n5)c5ccccc45)c3c2c1. The Labute approximate surface area is 307 Å². The number of hydrogen-bond donors (Lipinski definition) is 0. The predicted molar refractivity (Wildman–Crippen MR) is 216 cm³/mol. The Kier molecular flexibility index (Phi) is 6.54. The van der Waals surface area contributed by atoms with Gasteiger partial charge in [0.25, 0.3) is 0 Å². The van der Waals surface area contributed by atoms with Crippen molar-refractivity contribution in [2.24, 2.45) is 0 Å². The molecule has 0 atom stereocenters. The second kappa shape index (κ2) is 11.6. The van der Waals surface area contributed by atoms with Gasteiger partial charge in [0, 0.05) is 37.7 Å². The smallest absolute Gasteiger partial charge is 0.167 e. The Morgan fingerprint density at radius 3 is 1.91 bits per heavy atom. The Hall–Kier alpha value is -6.82. The van der Waals surface area contributed by atoms with Crippen LogP contribution in [-0.2, 0) is 0 Å². The van der Waals surface area contributed by atoms with Crippen LogP contribution >= 0.6 is 11.6 Å². The number of nitrogens with zero attached hydrogens (tertiary/aromatic N) is 3. The first kappa shape index (κ1) is 29.9. The third-order valence-corrected chi connectivity index (χ3v) is 10.4. The molecule has 53 heavy (non-hydrogen) atoms. The number of halogens is 1. The fourth-order valence-corrected chi connectivity index (χ4v) is 7.92. The van der Waals surface area contributed by atoms with Crippen LogP contribution in [0.3, 0.4) is 0 Å². The summed E-state index contributed by atoms with van der Waals surface area (Å²) in [6.45, 7) is 0. The summed E-state index contributed by atoms with van der Waals surface area (Å²) in [7, 11) is 0. The van der Waals surface area contributed by atoms with Crippen LogP contribution in [0.25, 0.3) is 111 Å². The van der Waals surface area contributed by atoms with E-state index in [2.05, 4.69) is 91.0 Å². The zero-order valence-corrected chi connectivity index (χ0v) is 28.8. The molecule has 0 bridgehead atoms. The summed E-state index contributed by atoms with van der Waals surface area (Å²) in [5.74, 6) is 1.71. The number of hydrogen-bond acceptors (Lipinski definition) is 5. The molecule has 3 heterocycles. The largest absolute Gasteiger partial charge is 0.456 e. The summed E-state index contributed by atoms with van der Waals surface area (Å²) in [5.41, 5.74) is 7.94. The predicted octanol–water partition coefficient (Wildman–Crippen LogP) is 13.3. The molecule has 5 nitrogen and oxygen atoms in total. The van der Waals surface area contributed by atoms with Crippen molar-refractivity contribution in [1.82, 2.24) is 15.0 Å². The summed E-state index contributed by atoms with van der Waals surface area (Å²) in [6, 6.07) is 53.6. The van der Waals surface area contributed by atoms with Crippen molar-refractivity contribution in [3.8, 4) is 45.3 Å². The molecule has 0 aliphatic heterocycles. The van der Waals surface area contributed by atoms with E-state index in [0.29, 0.717) is 22.5 Å². The summed E-state index contributed by atoms with van der Waals surface area (Å²) in [6.07, 6.45) is 0. The summed E-state index contributed by atoms with van der Waals surface area (Å²) < 4.78 is 12.7. The lowest BCUT2D eigenvalue weighted by atomic mass is 9.92. The second-order valence-electron chi connectivity index (χ2n) is 13.3. The van der Waals surface area contributed by atoms with Gasteiger partial charge in [-0.1, -0.05) is 121 Å². The summed E-state index contributed by atoms with van der Waals surface area (Å²) >= 11 is 6.49. The lowest BCUT2D eigenvalue weighted by Crippen LogP contribution is -2.01. The van der Waals surface area contributed by atoms with Gasteiger partial charge in [-0.2, -0.15) is 0 Å². The fourth-order valence-electron chi connectivity index (χ4n) is 7.75. The molecular weight excluding hydrogens is 674 g/mol. The van der Waals surface area contributed by atoms with Crippen LogP contribution in [0.1, 0.15) is 0 Å². The third kappa shape index (κ3) is 4.75. The van der Waals surface area contributed by atoms with Gasteiger partial charge in [-0.15, -0.1) is 0 Å². The molecule has 0 fully saturated rings. The normalized spacial score (nSPS) is 11.9. The molecule has 11 aromatic rings. The minimum absolute atomic E-state index is 0.544. The Balaban J connectivity index is 1.16. The van der Waals surface area contributed by atoms with E-state index in [0.717, 1.165) is 93.2 Å². The van der Waals surface area contributed by atoms with Gasteiger partial charge in [-0.25, -0.2) is 15.0 Å². The van der Waals surface area contributed by atoms with Crippen molar-refractivity contribution in [2.75, 3.05) is 0 Å². The molecule has 248 valence electrons. The van der Waals surface area contributed by atoms with Crippen molar-refractivity contribution in [1.29, 1.82) is 0 Å². The Morgan fingerprint density at radius 1 is 0.377 bits per heavy atom. The highest BCUT2D eigenvalue weighted by Crippen LogP contribution is 2.42. The number of rotatable bonds is 4. The van der Waals surface area contributed by atoms with Crippen LogP contribution in [0.15, 0.2) is 167 Å². The van der Waals surface area contributed by atoms with Gasteiger partial charge in [0.1, 0.15) is 22.3 Å². The molecule has 0 aliphatic carbocycles. The number of fused-ring (bicyclic) bond motifs is 8. The van der Waals surface area contributed by atoms with E-state index in [1.807, 2.05) is 66.7 Å². The van der Waals surface area contributed by atoms with Gasteiger partial charge < -0.3 is 8.83 Å². The minimum atomic E-state index is 0.544. The quantitative estimate of drug-likeness (QED) is 0.183. The van der Waals surface area contributed by atoms with Crippen LogP contribution in [-0.4, -0.2) is 15.0 Å². The molecule has 0 radical (unpaired) electrons. The second-order valence-corrected chi connectivity index (χ2v) is 13.7. The first-order valence-electron chi connectivity index (χ1n) is 17.5. The molecule has 0 saturated carbocycles. The zero-order valence-electron chi connectivity index (χ0n) is 28.0. The maximum absolute atomic E-state index is 6.49. The van der Waals surface area contributed by atoms with Crippen LogP contribution in [0, 0.1) is 0 Å². The van der Waals surface area contributed by atoms with Gasteiger partial charge in [0.15, 0.2) is 17.5 Å². The number of para-hydroxylation sites is 2. The van der Waals surface area contributed by atoms with Crippen LogP contribution in [0.5, 0.6) is 0 Å². The van der Waals surface area contributed by atoms with Gasteiger partial charge in [0.2, 0.25) is 0 Å². The number of benzene rings is 8. The van der Waals surface area contributed by atoms with Crippen molar-refractivity contribution < 1.29 is 8.83 Å². The molecule has 0 N–H and O–H groups in total. The topological polar surface area (TPSA) is 65.0 Å². The van der Waals surface area contributed by atoms with E-state index < -0.39 is 0 Å². The van der Waals surface area contributed by atoms with Gasteiger partial charge >= 0.3 is 0 Å². The van der Waals surface area contributed by atoms with E-state index in [1.54, 1.807) is 0 Å². The summed E-state index contributed by atoms with van der Waals surface area (Å²) in [5, 5.41) is 9.12. The zero-order chi connectivity index (χ0) is 35.0. The highest BCUT2D eigenvalue weighted by molar-refractivity contribution is 6.32. The molecule has 0 unspecified atom stereocenters. The first-order valence-corrected chi connectivity index (χ1v) is 17.8. The van der Waals surface area contributed by atoms with Crippen molar-refractivity contribution in [3.05, 3.63) is 163 Å². The minimum Gasteiger partial charge on any atom is -0.456 e. The maximum atomic E-state index is 6.49. The maximum Gasteiger partial charge on any atom is 0.167 e. The Morgan fingerprint density at radius 2 is 1.02 bits per heavy atom. The lowest BCUT2D eigenvalue weighted by molar-refractivity contribution is 0.669. The molecule has 3 aromatic heterocycles. The average molecular weight is 700 g/mol. The van der Waals surface area contributed by atoms with Gasteiger partial charge in [-0.05, 0) is 81.2 Å². The molecule has 6 heteroatoms.